The fourth-order valence-corrected chi connectivity index (χ4v) is 2.24. The van der Waals surface area contributed by atoms with Crippen LogP contribution in [-0.2, 0) is 4.74 Å². The van der Waals surface area contributed by atoms with Gasteiger partial charge in [0.05, 0.1) is 6.10 Å². The molecule has 0 amide bonds. The van der Waals surface area contributed by atoms with Gasteiger partial charge in [-0.05, 0) is 19.9 Å². The second-order valence-electron chi connectivity index (χ2n) is 4.32. The Bertz CT molecular complexity index is 142. The zero-order chi connectivity index (χ0) is 10.4. The summed E-state index contributed by atoms with van der Waals surface area (Å²) in [5, 5.41) is 0. The van der Waals surface area contributed by atoms with Crippen molar-refractivity contribution in [2.45, 2.75) is 44.2 Å². The number of rotatable bonds is 5. The monoisotopic (exact) mass is 200 g/mol. The molecule has 1 fully saturated rings. The van der Waals surface area contributed by atoms with Crippen LogP contribution in [0.3, 0.4) is 0 Å². The molecule has 0 bridgehead atoms. The first-order chi connectivity index (χ1) is 6.77. The number of nitrogens with zero attached hydrogens (tertiary/aromatic N) is 1. The summed E-state index contributed by atoms with van der Waals surface area (Å²) in [6.45, 7) is 1.59. The molecule has 1 saturated carbocycles. The van der Waals surface area contributed by atoms with Gasteiger partial charge in [-0.2, -0.15) is 0 Å². The first-order valence-corrected chi connectivity index (χ1v) is 5.71. The molecule has 3 nitrogen and oxygen atoms in total. The summed E-state index contributed by atoms with van der Waals surface area (Å²) in [6, 6.07) is 0.757. The Hall–Kier alpha value is -0.120. The third-order valence-corrected chi connectivity index (χ3v) is 3.29. The van der Waals surface area contributed by atoms with Gasteiger partial charge in [-0.3, -0.25) is 0 Å². The first kappa shape index (κ1) is 12.0. The van der Waals surface area contributed by atoms with Crippen LogP contribution in [0.1, 0.15) is 32.1 Å². The predicted molar refractivity (Wildman–Crippen MR) is 59.4 cm³/mol. The van der Waals surface area contributed by atoms with Gasteiger partial charge < -0.3 is 15.4 Å². The molecule has 2 N–H and O–H groups in total. The minimum atomic E-state index is 0.196. The van der Waals surface area contributed by atoms with Gasteiger partial charge in [0.1, 0.15) is 0 Å². The van der Waals surface area contributed by atoms with Gasteiger partial charge in [0.15, 0.2) is 0 Å². The van der Waals surface area contributed by atoms with Crippen molar-refractivity contribution in [3.8, 4) is 0 Å². The molecule has 0 saturated heterocycles. The van der Waals surface area contributed by atoms with Crippen LogP contribution in [0, 0.1) is 0 Å². The molecule has 0 radical (unpaired) electrons. The Morgan fingerprint density at radius 3 is 2.50 bits per heavy atom. The molecule has 0 aromatic carbocycles. The fourth-order valence-electron chi connectivity index (χ4n) is 2.24. The molecule has 84 valence electrons. The van der Waals surface area contributed by atoms with Crippen molar-refractivity contribution < 1.29 is 4.74 Å². The highest BCUT2D eigenvalue weighted by Crippen LogP contribution is 2.21. The minimum Gasteiger partial charge on any atom is -0.379 e. The molecule has 0 spiro atoms. The summed E-state index contributed by atoms with van der Waals surface area (Å²) in [7, 11) is 3.93. The summed E-state index contributed by atoms with van der Waals surface area (Å²) in [5.41, 5.74) is 5.61. The van der Waals surface area contributed by atoms with E-state index in [4.69, 9.17) is 10.5 Å². The fraction of sp³-hybridized carbons (Fsp3) is 1.00. The molecule has 0 aliphatic heterocycles. The summed E-state index contributed by atoms with van der Waals surface area (Å²) < 4.78 is 5.29. The van der Waals surface area contributed by atoms with Gasteiger partial charge in [-0.25, -0.2) is 0 Å². The van der Waals surface area contributed by atoms with E-state index in [0.717, 1.165) is 12.6 Å². The summed E-state index contributed by atoms with van der Waals surface area (Å²) in [6.07, 6.45) is 7.07. The molecular formula is C11H24N2O. The van der Waals surface area contributed by atoms with Gasteiger partial charge in [-0.15, -0.1) is 0 Å². The topological polar surface area (TPSA) is 38.5 Å². The van der Waals surface area contributed by atoms with Crippen LogP contribution < -0.4 is 5.73 Å². The lowest BCUT2D eigenvalue weighted by Crippen LogP contribution is -2.41. The maximum absolute atomic E-state index is 5.61. The number of likely N-dealkylation sites (N-methyl/N-ethyl adjacent to an activating group) is 1. The minimum absolute atomic E-state index is 0.196. The van der Waals surface area contributed by atoms with Crippen LogP contribution in [-0.4, -0.2) is 44.3 Å². The van der Waals surface area contributed by atoms with Gasteiger partial charge in [0.2, 0.25) is 0 Å². The Balaban J connectivity index is 2.27. The van der Waals surface area contributed by atoms with E-state index in [2.05, 4.69) is 11.9 Å². The number of hydrogen-bond acceptors (Lipinski definition) is 3. The highest BCUT2D eigenvalue weighted by atomic mass is 16.5. The lowest BCUT2D eigenvalue weighted by molar-refractivity contribution is 0.0576. The van der Waals surface area contributed by atoms with Crippen LogP contribution in [0.2, 0.25) is 0 Å². The second kappa shape index (κ2) is 6.38. The quantitative estimate of drug-likeness (QED) is 0.725. The second-order valence-corrected chi connectivity index (χ2v) is 4.32. The van der Waals surface area contributed by atoms with Crippen molar-refractivity contribution in [1.29, 1.82) is 0 Å². The van der Waals surface area contributed by atoms with Crippen LogP contribution in [0.5, 0.6) is 0 Å². The third kappa shape index (κ3) is 3.56. The maximum Gasteiger partial charge on any atom is 0.0820 e. The Kier molecular flexibility index (Phi) is 5.45. The third-order valence-electron chi connectivity index (χ3n) is 3.29. The van der Waals surface area contributed by atoms with Crippen molar-refractivity contribution in [1.82, 2.24) is 4.90 Å². The van der Waals surface area contributed by atoms with Crippen molar-refractivity contribution in [3.63, 3.8) is 0 Å². The standard InChI is InChI=1S/C11H24N2O/c1-13(9-11(8-12)14-2)10-6-4-3-5-7-10/h10-11H,3-9,12H2,1-2H3. The Labute approximate surface area is 87.6 Å². The first-order valence-electron chi connectivity index (χ1n) is 5.71. The zero-order valence-electron chi connectivity index (χ0n) is 9.54. The van der Waals surface area contributed by atoms with E-state index < -0.39 is 0 Å². The van der Waals surface area contributed by atoms with Crippen LogP contribution in [0.15, 0.2) is 0 Å². The molecule has 3 heteroatoms. The smallest absolute Gasteiger partial charge is 0.0820 e. The van der Waals surface area contributed by atoms with Gasteiger partial charge in [0, 0.05) is 26.2 Å². The summed E-state index contributed by atoms with van der Waals surface area (Å²) in [5.74, 6) is 0. The van der Waals surface area contributed by atoms with Crippen molar-refractivity contribution >= 4 is 0 Å². The van der Waals surface area contributed by atoms with Gasteiger partial charge >= 0.3 is 0 Å². The van der Waals surface area contributed by atoms with Crippen LogP contribution in [0.4, 0.5) is 0 Å². The van der Waals surface area contributed by atoms with Gasteiger partial charge in [-0.1, -0.05) is 19.3 Å². The average molecular weight is 200 g/mol. The van der Waals surface area contributed by atoms with E-state index in [1.165, 1.54) is 32.1 Å². The Morgan fingerprint density at radius 1 is 1.36 bits per heavy atom. The number of methoxy groups -OCH3 is 1. The Morgan fingerprint density at radius 2 is 2.00 bits per heavy atom. The number of hydrogen-bond donors (Lipinski definition) is 1. The molecule has 1 unspecified atom stereocenters. The molecule has 0 heterocycles. The normalized spacial score (nSPS) is 21.4. The summed E-state index contributed by atoms with van der Waals surface area (Å²) >= 11 is 0. The van der Waals surface area contributed by atoms with E-state index >= 15 is 0 Å². The van der Waals surface area contributed by atoms with Crippen LogP contribution >= 0.6 is 0 Å². The SMILES string of the molecule is COC(CN)CN(C)C1CCCCC1. The molecule has 1 rings (SSSR count). The highest BCUT2D eigenvalue weighted by molar-refractivity contribution is 4.75. The molecule has 1 aliphatic rings. The lowest BCUT2D eigenvalue weighted by Gasteiger charge is -2.33. The molecule has 0 aromatic heterocycles. The van der Waals surface area contributed by atoms with E-state index in [1.807, 2.05) is 0 Å². The van der Waals surface area contributed by atoms with E-state index in [9.17, 15) is 0 Å². The lowest BCUT2D eigenvalue weighted by atomic mass is 9.94. The maximum atomic E-state index is 5.61. The number of nitrogens with two attached hydrogens (primary N) is 1. The van der Waals surface area contributed by atoms with Crippen molar-refractivity contribution in [2.75, 3.05) is 27.2 Å². The van der Waals surface area contributed by atoms with Crippen LogP contribution in [0.25, 0.3) is 0 Å². The molecule has 0 aromatic rings. The molecule has 1 aliphatic carbocycles. The molecular weight excluding hydrogens is 176 g/mol. The zero-order valence-corrected chi connectivity index (χ0v) is 9.54. The highest BCUT2D eigenvalue weighted by Gasteiger charge is 2.19. The van der Waals surface area contributed by atoms with Crippen molar-refractivity contribution in [2.24, 2.45) is 5.73 Å². The number of ether oxygens (including phenoxy) is 1. The van der Waals surface area contributed by atoms with Gasteiger partial charge in [0.25, 0.3) is 0 Å². The van der Waals surface area contributed by atoms with E-state index in [0.29, 0.717) is 6.54 Å². The molecule has 14 heavy (non-hydrogen) atoms. The largest absolute Gasteiger partial charge is 0.379 e. The van der Waals surface area contributed by atoms with E-state index in [-0.39, 0.29) is 6.10 Å². The van der Waals surface area contributed by atoms with E-state index in [1.54, 1.807) is 7.11 Å². The molecule has 1 atom stereocenters. The van der Waals surface area contributed by atoms with Crippen molar-refractivity contribution in [3.05, 3.63) is 0 Å². The predicted octanol–water partition coefficient (Wildman–Crippen LogP) is 1.22. The average Bonchev–Trinajstić information content (AvgIpc) is 2.26. The summed E-state index contributed by atoms with van der Waals surface area (Å²) in [4.78, 5) is 2.42.